The van der Waals surface area contributed by atoms with E-state index in [9.17, 15) is 4.79 Å². The van der Waals surface area contributed by atoms with E-state index in [1.807, 2.05) is 63.9 Å². The van der Waals surface area contributed by atoms with Gasteiger partial charge in [-0.1, -0.05) is 18.2 Å². The Morgan fingerprint density at radius 3 is 2.50 bits per heavy atom. The van der Waals surface area contributed by atoms with Crippen LogP contribution in [0, 0.1) is 0 Å². The summed E-state index contributed by atoms with van der Waals surface area (Å²) in [5.74, 6) is 0.0125. The molecule has 2 heterocycles. The lowest BCUT2D eigenvalue weighted by Gasteiger charge is -2.16. The Morgan fingerprint density at radius 1 is 1.00 bits per heavy atom. The molecular formula is C22H19IN4O. The minimum absolute atomic E-state index is 0.0125. The maximum Gasteiger partial charge on any atom is 0.224 e. The van der Waals surface area contributed by atoms with Gasteiger partial charge in [-0.25, -0.2) is 0 Å². The van der Waals surface area contributed by atoms with Gasteiger partial charge in [0, 0.05) is 41.6 Å². The highest BCUT2D eigenvalue weighted by atomic mass is 127. The molecule has 28 heavy (non-hydrogen) atoms. The smallest absolute Gasteiger partial charge is 0.224 e. The molecule has 2 N–H and O–H groups in total. The number of fused-ring (bicyclic) bond motifs is 1. The van der Waals surface area contributed by atoms with Gasteiger partial charge in [-0.15, -0.1) is 0 Å². The average molecular weight is 482 g/mol. The molecule has 0 aliphatic carbocycles. The lowest BCUT2D eigenvalue weighted by Crippen LogP contribution is -2.12. The third-order valence-corrected chi connectivity index (χ3v) is 5.68. The van der Waals surface area contributed by atoms with Crippen LogP contribution in [0.2, 0.25) is 0 Å². The first-order valence-corrected chi connectivity index (χ1v) is 9.98. The highest BCUT2D eigenvalue weighted by Gasteiger charge is 2.09. The van der Waals surface area contributed by atoms with Crippen molar-refractivity contribution >= 4 is 56.7 Å². The molecule has 6 heteroatoms. The number of rotatable bonds is 6. The van der Waals surface area contributed by atoms with Crippen molar-refractivity contribution in [2.45, 2.75) is 12.8 Å². The number of amides is 1. The molecule has 0 aliphatic heterocycles. The fourth-order valence-electron chi connectivity index (χ4n) is 3.11. The molecule has 2 aromatic heterocycles. The number of nitrogens with one attached hydrogen (secondary N) is 2. The molecule has 0 bridgehead atoms. The van der Waals surface area contributed by atoms with Crippen LogP contribution in [0.4, 0.5) is 17.1 Å². The quantitative estimate of drug-likeness (QED) is 0.277. The summed E-state index contributed by atoms with van der Waals surface area (Å²) >= 11 is 2.25. The Balaban J connectivity index is 1.35. The van der Waals surface area contributed by atoms with Gasteiger partial charge in [-0.3, -0.25) is 12.9 Å². The van der Waals surface area contributed by atoms with Crippen molar-refractivity contribution in [3.05, 3.63) is 84.8 Å². The number of H-pyrrole nitrogens is 1. The summed E-state index contributed by atoms with van der Waals surface area (Å²) in [6, 6.07) is 19.9. The predicted octanol–water partition coefficient (Wildman–Crippen LogP) is 5.62. The number of carbonyl (C=O) groups is 1. The van der Waals surface area contributed by atoms with E-state index in [0.717, 1.165) is 22.6 Å². The van der Waals surface area contributed by atoms with Crippen LogP contribution < -0.4 is 8.43 Å². The van der Waals surface area contributed by atoms with E-state index in [1.54, 1.807) is 12.4 Å². The molecule has 4 rings (SSSR count). The van der Waals surface area contributed by atoms with Crippen molar-refractivity contribution in [3.63, 3.8) is 0 Å². The van der Waals surface area contributed by atoms with E-state index < -0.39 is 0 Å². The van der Waals surface area contributed by atoms with Crippen LogP contribution in [0.5, 0.6) is 0 Å². The maximum atomic E-state index is 12.3. The monoisotopic (exact) mass is 482 g/mol. The van der Waals surface area contributed by atoms with Gasteiger partial charge in [-0.05, 0) is 54.4 Å². The molecule has 0 unspecified atom stereocenters. The molecule has 0 spiro atoms. The maximum absolute atomic E-state index is 12.3. The molecule has 5 nitrogen and oxygen atoms in total. The molecule has 2 aromatic carbocycles. The van der Waals surface area contributed by atoms with Crippen molar-refractivity contribution < 1.29 is 4.79 Å². The number of halogens is 1. The number of benzene rings is 2. The van der Waals surface area contributed by atoms with Gasteiger partial charge in [-0.2, -0.15) is 0 Å². The Labute approximate surface area is 177 Å². The second-order valence-electron chi connectivity index (χ2n) is 6.44. The zero-order valence-corrected chi connectivity index (χ0v) is 17.3. The van der Waals surface area contributed by atoms with E-state index >= 15 is 0 Å². The zero-order valence-electron chi connectivity index (χ0n) is 15.1. The van der Waals surface area contributed by atoms with Gasteiger partial charge in [0.2, 0.25) is 5.91 Å². The van der Waals surface area contributed by atoms with Gasteiger partial charge >= 0.3 is 0 Å². The molecule has 0 aliphatic rings. The van der Waals surface area contributed by atoms with Crippen LogP contribution in [0.25, 0.3) is 10.9 Å². The van der Waals surface area contributed by atoms with Gasteiger partial charge in [0.25, 0.3) is 0 Å². The van der Waals surface area contributed by atoms with Crippen LogP contribution >= 0.6 is 22.9 Å². The predicted molar refractivity (Wildman–Crippen MR) is 122 cm³/mol. The minimum atomic E-state index is 0.0125. The number of para-hydroxylation sites is 1. The van der Waals surface area contributed by atoms with E-state index in [0.29, 0.717) is 12.8 Å². The number of carbonyl (C=O) groups excluding carboxylic acids is 1. The summed E-state index contributed by atoms with van der Waals surface area (Å²) in [6.07, 6.45) is 6.67. The number of nitrogens with zero attached hydrogens (tertiary/aromatic N) is 2. The van der Waals surface area contributed by atoms with Crippen LogP contribution in [0.15, 0.2) is 79.3 Å². The van der Waals surface area contributed by atoms with Crippen LogP contribution in [0.1, 0.15) is 12.0 Å². The normalized spacial score (nSPS) is 10.8. The Morgan fingerprint density at radius 2 is 1.71 bits per heavy atom. The van der Waals surface area contributed by atoms with Crippen molar-refractivity contribution in [3.8, 4) is 0 Å². The van der Waals surface area contributed by atoms with Gasteiger partial charge in [0.1, 0.15) is 0 Å². The lowest BCUT2D eigenvalue weighted by atomic mass is 10.1. The lowest BCUT2D eigenvalue weighted by molar-refractivity contribution is -0.116. The first-order valence-electron chi connectivity index (χ1n) is 9.01. The standard InChI is InChI=1S/C22H19IN4O/c23-27(19-11-13-24-14-12-19)18-8-6-17(7-9-18)26-22(28)10-5-16-15-25-21-4-2-1-3-20(16)21/h1-4,6-9,11-15,25H,5,10H2,(H,26,28). The third kappa shape index (κ3) is 4.17. The molecule has 0 fully saturated rings. The van der Waals surface area contributed by atoms with Gasteiger partial charge < -0.3 is 10.3 Å². The Hall–Kier alpha value is -2.87. The van der Waals surface area contributed by atoms with E-state index in [4.69, 9.17) is 0 Å². The first kappa shape index (κ1) is 18.5. The van der Waals surface area contributed by atoms with Crippen LogP contribution in [0.3, 0.4) is 0 Å². The molecule has 0 saturated carbocycles. The average Bonchev–Trinajstić information content (AvgIpc) is 3.16. The number of hydrogen-bond acceptors (Lipinski definition) is 3. The summed E-state index contributed by atoms with van der Waals surface area (Å²) in [5.41, 5.74) is 5.15. The second kappa shape index (κ2) is 8.43. The van der Waals surface area contributed by atoms with Crippen LogP contribution in [-0.2, 0) is 11.2 Å². The first-order chi connectivity index (χ1) is 13.7. The van der Waals surface area contributed by atoms with E-state index in [2.05, 4.69) is 44.2 Å². The largest absolute Gasteiger partial charge is 0.361 e. The number of anilines is 3. The zero-order chi connectivity index (χ0) is 19.3. The highest BCUT2D eigenvalue weighted by molar-refractivity contribution is 14.1. The SMILES string of the molecule is O=C(CCc1c[nH]c2ccccc12)Nc1ccc(N(I)c2ccncc2)cc1. The van der Waals surface area contributed by atoms with Crippen molar-refractivity contribution in [2.24, 2.45) is 0 Å². The summed E-state index contributed by atoms with van der Waals surface area (Å²) in [7, 11) is 0. The van der Waals surface area contributed by atoms with Gasteiger partial charge in [0.05, 0.1) is 34.2 Å². The molecular weight excluding hydrogens is 463 g/mol. The molecule has 4 aromatic rings. The fraction of sp³-hybridized carbons (Fsp3) is 0.0909. The van der Waals surface area contributed by atoms with Crippen molar-refractivity contribution in [2.75, 3.05) is 8.43 Å². The summed E-state index contributed by atoms with van der Waals surface area (Å²) in [4.78, 5) is 19.6. The van der Waals surface area contributed by atoms with E-state index in [1.165, 1.54) is 10.9 Å². The fourth-order valence-corrected chi connectivity index (χ4v) is 3.75. The second-order valence-corrected chi connectivity index (χ2v) is 7.41. The van der Waals surface area contributed by atoms with Crippen molar-refractivity contribution in [1.82, 2.24) is 9.97 Å². The van der Waals surface area contributed by atoms with Gasteiger partial charge in [0.15, 0.2) is 0 Å². The molecule has 1 amide bonds. The Kier molecular flexibility index (Phi) is 5.57. The molecule has 0 atom stereocenters. The third-order valence-electron chi connectivity index (χ3n) is 4.56. The van der Waals surface area contributed by atoms with Crippen LogP contribution in [-0.4, -0.2) is 15.9 Å². The number of aromatic nitrogens is 2. The van der Waals surface area contributed by atoms with E-state index in [-0.39, 0.29) is 5.91 Å². The highest BCUT2D eigenvalue weighted by Crippen LogP contribution is 2.29. The van der Waals surface area contributed by atoms with Crippen molar-refractivity contribution in [1.29, 1.82) is 0 Å². The molecule has 0 radical (unpaired) electrons. The number of hydrogen-bond donors (Lipinski definition) is 2. The molecule has 140 valence electrons. The number of aromatic amines is 1. The molecule has 0 saturated heterocycles. The minimum Gasteiger partial charge on any atom is -0.361 e. The number of aryl methyl sites for hydroxylation is 1. The number of pyridine rings is 1. The topological polar surface area (TPSA) is 61.0 Å². The Bertz CT molecular complexity index is 1080. The summed E-state index contributed by atoms with van der Waals surface area (Å²) < 4.78 is 2.04. The summed E-state index contributed by atoms with van der Waals surface area (Å²) in [5, 5.41) is 4.16. The summed E-state index contributed by atoms with van der Waals surface area (Å²) in [6.45, 7) is 0.